The molecular formula is C18H18N2O3S. The van der Waals surface area contributed by atoms with Crippen molar-refractivity contribution in [2.45, 2.75) is 25.5 Å². The van der Waals surface area contributed by atoms with Crippen LogP contribution in [0.5, 0.6) is 0 Å². The first-order valence-corrected chi connectivity index (χ1v) is 8.53. The molecule has 1 amide bonds. The van der Waals surface area contributed by atoms with Crippen LogP contribution in [0.2, 0.25) is 0 Å². The largest absolute Gasteiger partial charge is 0.462 e. The summed E-state index contributed by atoms with van der Waals surface area (Å²) in [6, 6.07) is 12.9. The van der Waals surface area contributed by atoms with Crippen LogP contribution in [0.1, 0.15) is 23.0 Å². The van der Waals surface area contributed by atoms with Gasteiger partial charge in [0.2, 0.25) is 0 Å². The smallest absolute Gasteiger partial charge is 0.271 e. The van der Waals surface area contributed by atoms with Gasteiger partial charge in [-0.2, -0.15) is 0 Å². The van der Waals surface area contributed by atoms with E-state index in [1.807, 2.05) is 30.3 Å². The Morgan fingerprint density at radius 2 is 2.08 bits per heavy atom. The summed E-state index contributed by atoms with van der Waals surface area (Å²) in [5.41, 5.74) is 1.35. The second-order valence-electron chi connectivity index (χ2n) is 5.53. The molecule has 124 valence electrons. The lowest BCUT2D eigenvalue weighted by Crippen LogP contribution is -2.42. The summed E-state index contributed by atoms with van der Waals surface area (Å²) in [5.74, 6) is 0.333. The number of carbonyl (C=O) groups is 1. The molecular weight excluding hydrogens is 324 g/mol. The van der Waals surface area contributed by atoms with E-state index in [1.165, 1.54) is 11.3 Å². The average Bonchev–Trinajstić information content (AvgIpc) is 3.27. The molecule has 0 saturated carbocycles. The zero-order chi connectivity index (χ0) is 16.9. The topological polar surface area (TPSA) is 75.4 Å². The molecule has 5 nitrogen and oxygen atoms in total. The van der Waals surface area contributed by atoms with E-state index in [4.69, 9.17) is 4.42 Å². The molecule has 6 heteroatoms. The molecule has 0 radical (unpaired) electrons. The van der Waals surface area contributed by atoms with Gasteiger partial charge < -0.3 is 14.8 Å². The lowest BCUT2D eigenvalue weighted by atomic mass is 10.0. The molecule has 1 aromatic carbocycles. The van der Waals surface area contributed by atoms with Crippen molar-refractivity contribution in [3.63, 3.8) is 0 Å². The number of aromatic nitrogens is 1. The van der Waals surface area contributed by atoms with Crippen LogP contribution in [0.3, 0.4) is 0 Å². The molecule has 3 rings (SSSR count). The Kier molecular flexibility index (Phi) is 5.08. The summed E-state index contributed by atoms with van der Waals surface area (Å²) >= 11 is 1.35. The molecule has 2 heterocycles. The number of aliphatic hydroxyl groups excluding tert-OH is 1. The van der Waals surface area contributed by atoms with Crippen LogP contribution in [0, 0.1) is 0 Å². The van der Waals surface area contributed by atoms with Crippen LogP contribution in [0.25, 0.3) is 10.8 Å². The Morgan fingerprint density at radius 1 is 1.29 bits per heavy atom. The number of nitrogens with zero attached hydrogens (tertiary/aromatic N) is 1. The zero-order valence-electron chi connectivity index (χ0n) is 13.2. The van der Waals surface area contributed by atoms with E-state index in [2.05, 4.69) is 10.3 Å². The first-order valence-electron chi connectivity index (χ1n) is 7.66. The lowest BCUT2D eigenvalue weighted by Gasteiger charge is -2.19. The van der Waals surface area contributed by atoms with Crippen molar-refractivity contribution in [2.24, 2.45) is 0 Å². The fourth-order valence-corrected chi connectivity index (χ4v) is 3.07. The van der Waals surface area contributed by atoms with E-state index in [0.29, 0.717) is 22.9 Å². The van der Waals surface area contributed by atoms with Crippen LogP contribution in [-0.4, -0.2) is 28.1 Å². The highest BCUT2D eigenvalue weighted by Crippen LogP contribution is 2.23. The molecule has 0 aliphatic rings. The fourth-order valence-electron chi connectivity index (χ4n) is 2.30. The van der Waals surface area contributed by atoms with E-state index in [-0.39, 0.29) is 11.9 Å². The van der Waals surface area contributed by atoms with E-state index >= 15 is 0 Å². The number of nitrogens with one attached hydrogen (secondary N) is 1. The quantitative estimate of drug-likeness (QED) is 0.722. The van der Waals surface area contributed by atoms with Gasteiger partial charge in [-0.3, -0.25) is 4.79 Å². The molecule has 2 N–H and O–H groups in total. The van der Waals surface area contributed by atoms with Crippen molar-refractivity contribution < 1.29 is 14.3 Å². The Hall–Kier alpha value is -2.44. The standard InChI is InChI=1S/C18H18N2O3S/c1-12(15(21)10-13-6-3-2-4-7-13)19-17(22)14-11-24-18(20-14)16-8-5-9-23-16/h2-9,11-12,15,21H,10H2,1H3,(H,19,22). The lowest BCUT2D eigenvalue weighted by molar-refractivity contribution is 0.0848. The predicted octanol–water partition coefficient (Wildman–Crippen LogP) is 3.13. The van der Waals surface area contributed by atoms with Gasteiger partial charge in [0.1, 0.15) is 5.69 Å². The Balaban J connectivity index is 1.59. The van der Waals surface area contributed by atoms with Gasteiger partial charge in [-0.15, -0.1) is 11.3 Å². The van der Waals surface area contributed by atoms with Crippen molar-refractivity contribution in [2.75, 3.05) is 0 Å². The third kappa shape index (κ3) is 3.90. The number of aliphatic hydroxyl groups is 1. The third-order valence-electron chi connectivity index (χ3n) is 3.69. The minimum Gasteiger partial charge on any atom is -0.462 e. The molecule has 2 unspecified atom stereocenters. The van der Waals surface area contributed by atoms with Crippen LogP contribution < -0.4 is 5.32 Å². The van der Waals surface area contributed by atoms with Crippen LogP contribution in [-0.2, 0) is 6.42 Å². The number of hydrogen-bond acceptors (Lipinski definition) is 5. The maximum absolute atomic E-state index is 12.3. The summed E-state index contributed by atoms with van der Waals surface area (Å²) in [5, 5.41) is 15.4. The summed E-state index contributed by atoms with van der Waals surface area (Å²) in [4.78, 5) is 16.6. The Morgan fingerprint density at radius 3 is 2.79 bits per heavy atom. The van der Waals surface area contributed by atoms with Crippen molar-refractivity contribution in [3.8, 4) is 10.8 Å². The summed E-state index contributed by atoms with van der Waals surface area (Å²) in [6.45, 7) is 1.78. The van der Waals surface area contributed by atoms with Crippen molar-refractivity contribution >= 4 is 17.2 Å². The number of benzene rings is 1. The van der Waals surface area contributed by atoms with Gasteiger partial charge in [0.25, 0.3) is 5.91 Å². The van der Waals surface area contributed by atoms with Gasteiger partial charge in [0, 0.05) is 11.8 Å². The van der Waals surface area contributed by atoms with Crippen molar-refractivity contribution in [1.82, 2.24) is 10.3 Å². The maximum atomic E-state index is 12.3. The summed E-state index contributed by atoms with van der Waals surface area (Å²) < 4.78 is 5.27. The van der Waals surface area contributed by atoms with Crippen LogP contribution in [0.15, 0.2) is 58.5 Å². The highest BCUT2D eigenvalue weighted by Gasteiger charge is 2.20. The molecule has 0 saturated heterocycles. The van der Waals surface area contributed by atoms with Gasteiger partial charge >= 0.3 is 0 Å². The highest BCUT2D eigenvalue weighted by atomic mass is 32.1. The van der Waals surface area contributed by atoms with Gasteiger partial charge in [-0.25, -0.2) is 4.98 Å². The molecule has 0 aliphatic carbocycles. The second-order valence-corrected chi connectivity index (χ2v) is 6.39. The average molecular weight is 342 g/mol. The summed E-state index contributed by atoms with van der Waals surface area (Å²) in [6.07, 6.45) is 1.38. The Bertz CT molecular complexity index is 784. The van der Waals surface area contributed by atoms with Crippen molar-refractivity contribution in [1.29, 1.82) is 0 Å². The number of furan rings is 1. The van der Waals surface area contributed by atoms with E-state index in [1.54, 1.807) is 30.7 Å². The van der Waals surface area contributed by atoms with E-state index in [9.17, 15) is 9.90 Å². The minimum atomic E-state index is -0.667. The van der Waals surface area contributed by atoms with Gasteiger partial charge in [-0.1, -0.05) is 30.3 Å². The number of carbonyl (C=O) groups excluding carboxylic acids is 1. The molecule has 0 bridgehead atoms. The van der Waals surface area contributed by atoms with Gasteiger partial charge in [-0.05, 0) is 24.6 Å². The Labute approximate surface area is 144 Å². The highest BCUT2D eigenvalue weighted by molar-refractivity contribution is 7.13. The monoisotopic (exact) mass is 342 g/mol. The number of hydrogen-bond donors (Lipinski definition) is 2. The number of amides is 1. The first-order chi connectivity index (χ1) is 11.6. The predicted molar refractivity (Wildman–Crippen MR) is 92.9 cm³/mol. The van der Waals surface area contributed by atoms with Crippen LogP contribution in [0.4, 0.5) is 0 Å². The zero-order valence-corrected chi connectivity index (χ0v) is 14.0. The maximum Gasteiger partial charge on any atom is 0.271 e. The SMILES string of the molecule is CC(NC(=O)c1csc(-c2ccco2)n1)C(O)Cc1ccccc1. The second kappa shape index (κ2) is 7.42. The molecule has 0 spiro atoms. The first kappa shape index (κ1) is 16.4. The van der Waals surface area contributed by atoms with E-state index < -0.39 is 6.10 Å². The minimum absolute atomic E-state index is 0.302. The molecule has 3 aromatic rings. The van der Waals surface area contributed by atoms with Crippen LogP contribution >= 0.6 is 11.3 Å². The summed E-state index contributed by atoms with van der Waals surface area (Å²) in [7, 11) is 0. The molecule has 2 aromatic heterocycles. The molecule has 0 fully saturated rings. The normalized spacial score (nSPS) is 13.4. The van der Waals surface area contributed by atoms with E-state index in [0.717, 1.165) is 5.56 Å². The number of rotatable bonds is 6. The van der Waals surface area contributed by atoms with Crippen molar-refractivity contribution in [3.05, 3.63) is 65.4 Å². The van der Waals surface area contributed by atoms with Gasteiger partial charge in [0.05, 0.1) is 18.4 Å². The molecule has 2 atom stereocenters. The third-order valence-corrected chi connectivity index (χ3v) is 4.55. The molecule has 24 heavy (non-hydrogen) atoms. The number of thiazole rings is 1. The van der Waals surface area contributed by atoms with Gasteiger partial charge in [0.15, 0.2) is 10.8 Å². The molecule has 0 aliphatic heterocycles. The fraction of sp³-hybridized carbons (Fsp3) is 0.222.